The average Bonchev–Trinajstić information content (AvgIpc) is 1.94. The van der Waals surface area contributed by atoms with Crippen molar-refractivity contribution in [2.45, 2.75) is 0 Å². The van der Waals surface area contributed by atoms with E-state index in [1.165, 1.54) is 0 Å². The molecule has 0 bridgehead atoms. The van der Waals surface area contributed by atoms with Crippen LogP contribution in [0.5, 0.6) is 0 Å². The fourth-order valence-corrected chi connectivity index (χ4v) is 0. The normalized spacial score (nSPS) is 8.57. The van der Waals surface area contributed by atoms with E-state index in [1.807, 2.05) is 0 Å². The Balaban J connectivity index is -0.0000000331. The average molecular weight is 563 g/mol. The van der Waals surface area contributed by atoms with Gasteiger partial charge in [0.1, 0.15) is 0 Å². The van der Waals surface area contributed by atoms with Crippen molar-refractivity contribution in [3.63, 3.8) is 0 Å². The largest absolute Gasteiger partial charge is 0.317 e. The summed E-state index contributed by atoms with van der Waals surface area (Å²) in [4.78, 5) is 0. The van der Waals surface area contributed by atoms with Gasteiger partial charge in [-0.05, 0) is 80.0 Å². The van der Waals surface area contributed by atoms with E-state index in [9.17, 15) is 0 Å². The first kappa shape index (κ1) is 39.1. The predicted octanol–water partition coefficient (Wildman–Crippen LogP) is 6.95. The zero-order valence-corrected chi connectivity index (χ0v) is 24.8. The van der Waals surface area contributed by atoms with Gasteiger partial charge in [-0.25, -0.2) is 0 Å². The number of hydrogen-bond acceptors (Lipinski definition) is 0. The van der Waals surface area contributed by atoms with Crippen LogP contribution in [0.3, 0.4) is 0 Å². The Morgan fingerprint density at radius 2 is 0.381 bits per heavy atom. The van der Waals surface area contributed by atoms with Crippen molar-refractivity contribution in [3.8, 4) is 0 Å². The molecule has 0 heterocycles. The van der Waals surface area contributed by atoms with Gasteiger partial charge in [-0.3, -0.25) is 7.92 Å². The van der Waals surface area contributed by atoms with Crippen LogP contribution >= 0.6 is 39.6 Å². The van der Waals surface area contributed by atoms with Gasteiger partial charge in [0.05, 0.1) is 0 Å². The van der Waals surface area contributed by atoms with Gasteiger partial charge in [-0.15, -0.1) is 31.7 Å². The smallest absolute Gasteiger partial charge is 0 e. The van der Waals surface area contributed by atoms with E-state index in [1.54, 1.807) is 0 Å². The first-order valence-corrected chi connectivity index (χ1v) is 19.7. The first-order valence-electron chi connectivity index (χ1n) is 6.58. The third-order valence-corrected chi connectivity index (χ3v) is 0. The molecule has 0 aliphatic carbocycles. The first-order chi connectivity index (χ1) is 8.66. The quantitative estimate of drug-likeness (QED) is 0.221. The minimum atomic E-state index is 0. The molecule has 0 aliphatic rings. The summed E-state index contributed by atoms with van der Waals surface area (Å²) in [6.07, 6.45) is 0. The third-order valence-electron chi connectivity index (χ3n) is 0. The fraction of sp³-hybridized carbons (Fsp3) is 0.933. The molecule has 0 radical (unpaired) electrons. The SMILES string of the molecule is CP(C)C.CP(C)C.CP(C)C.CP(C)C.[CH2-]P(C)C.[W]. The molecule has 136 valence electrons. The summed E-state index contributed by atoms with van der Waals surface area (Å²) in [5.74, 6) is 0. The summed E-state index contributed by atoms with van der Waals surface area (Å²) >= 11 is 0. The molecule has 0 spiro atoms. The third kappa shape index (κ3) is 1230. The topological polar surface area (TPSA) is 0 Å². The van der Waals surface area contributed by atoms with E-state index in [2.05, 4.69) is 100.0 Å². The molecule has 6 heteroatoms. The van der Waals surface area contributed by atoms with Gasteiger partial charge in [-0.2, -0.15) is 0 Å². The van der Waals surface area contributed by atoms with E-state index in [4.69, 9.17) is 0 Å². The van der Waals surface area contributed by atoms with Crippen molar-refractivity contribution >= 4 is 39.6 Å². The molecule has 0 aromatic carbocycles. The second-order valence-electron chi connectivity index (χ2n) is 6.45. The number of rotatable bonds is 0. The molecule has 0 aromatic heterocycles. The molecule has 0 aliphatic heterocycles. The van der Waals surface area contributed by atoms with Crippen LogP contribution in [0.4, 0.5) is 0 Å². The standard InChI is InChI=1S/4C3H9P.C3H8P.W/c5*1-4(2)3;/h4*1-3H3;1H2,2-3H3;/q;;;;-1;. The summed E-state index contributed by atoms with van der Waals surface area (Å²) in [6, 6.07) is 0. The van der Waals surface area contributed by atoms with Crippen LogP contribution in [0, 0.1) is 6.66 Å². The Morgan fingerprint density at radius 3 is 0.381 bits per heavy atom. The van der Waals surface area contributed by atoms with Crippen LogP contribution in [-0.4, -0.2) is 93.3 Å². The van der Waals surface area contributed by atoms with Crippen molar-refractivity contribution < 1.29 is 21.1 Å². The van der Waals surface area contributed by atoms with Crippen LogP contribution in [0.1, 0.15) is 0 Å². The minimum absolute atomic E-state index is 0. The van der Waals surface area contributed by atoms with Crippen molar-refractivity contribution in [1.82, 2.24) is 0 Å². The molecule has 0 aromatic rings. The van der Waals surface area contributed by atoms with Crippen molar-refractivity contribution in [3.05, 3.63) is 6.66 Å². The maximum Gasteiger partial charge on any atom is 0 e. The molecule has 0 nitrogen and oxygen atoms in total. The zero-order valence-electron chi connectivity index (χ0n) is 17.4. The van der Waals surface area contributed by atoms with E-state index < -0.39 is 0 Å². The Bertz CT molecular complexity index is 80.6. The molecule has 0 unspecified atom stereocenters. The molecule has 0 atom stereocenters. The minimum Gasteiger partial charge on any atom is -0.317 e. The molecule has 0 saturated carbocycles. The van der Waals surface area contributed by atoms with Gasteiger partial charge < -0.3 is 6.66 Å². The summed E-state index contributed by atoms with van der Waals surface area (Å²) in [5, 5.41) is 0. The maximum atomic E-state index is 3.70. The van der Waals surface area contributed by atoms with E-state index in [0.29, 0.717) is 31.7 Å². The van der Waals surface area contributed by atoms with Crippen molar-refractivity contribution in [1.29, 1.82) is 0 Å². The van der Waals surface area contributed by atoms with Gasteiger partial charge in [-0.1, -0.05) is 13.3 Å². The zero-order chi connectivity index (χ0) is 17.9. The van der Waals surface area contributed by atoms with Crippen LogP contribution in [0.15, 0.2) is 0 Å². The number of hydrogen-bond donors (Lipinski definition) is 0. The Kier molecular flexibility index (Phi) is 63.7. The van der Waals surface area contributed by atoms with E-state index >= 15 is 0 Å². The molecular formula is C15H44P5W-. The summed E-state index contributed by atoms with van der Waals surface area (Å²) in [7, 11) is 1.65. The summed E-state index contributed by atoms with van der Waals surface area (Å²) in [5.41, 5.74) is 0. The second kappa shape index (κ2) is 34.2. The van der Waals surface area contributed by atoms with E-state index in [0.717, 1.165) is 0 Å². The molecular weight excluding hydrogens is 519 g/mol. The van der Waals surface area contributed by atoms with Gasteiger partial charge in [0.2, 0.25) is 0 Å². The Labute approximate surface area is 160 Å². The molecule has 0 fully saturated rings. The molecule has 0 rings (SSSR count). The molecule has 21 heavy (non-hydrogen) atoms. The van der Waals surface area contributed by atoms with Gasteiger partial charge in [0.15, 0.2) is 0 Å². The van der Waals surface area contributed by atoms with Gasteiger partial charge in [0.25, 0.3) is 0 Å². The maximum absolute atomic E-state index is 3.70. The molecule has 0 amide bonds. The van der Waals surface area contributed by atoms with Crippen LogP contribution in [0.2, 0.25) is 0 Å². The van der Waals surface area contributed by atoms with Crippen molar-refractivity contribution in [2.24, 2.45) is 0 Å². The van der Waals surface area contributed by atoms with E-state index in [-0.39, 0.29) is 29.0 Å². The second-order valence-corrected chi connectivity index (χ2v) is 19.3. The van der Waals surface area contributed by atoms with Gasteiger partial charge in [0, 0.05) is 21.1 Å². The van der Waals surface area contributed by atoms with Crippen LogP contribution in [-0.2, 0) is 21.1 Å². The van der Waals surface area contributed by atoms with Crippen LogP contribution < -0.4 is 0 Å². The Hall–Kier alpha value is 2.84. The summed E-state index contributed by atoms with van der Waals surface area (Å²) in [6.45, 7) is 34.7. The van der Waals surface area contributed by atoms with Gasteiger partial charge >= 0.3 is 0 Å². The predicted molar refractivity (Wildman–Crippen MR) is 123 cm³/mol. The molecule has 0 saturated heterocycles. The van der Waals surface area contributed by atoms with Crippen LogP contribution in [0.25, 0.3) is 0 Å². The van der Waals surface area contributed by atoms with Crippen molar-refractivity contribution in [2.75, 3.05) is 93.3 Å². The fourth-order valence-electron chi connectivity index (χ4n) is 0. The molecule has 0 N–H and O–H groups in total. The monoisotopic (exact) mass is 563 g/mol. The summed E-state index contributed by atoms with van der Waals surface area (Å²) < 4.78 is 0. The Morgan fingerprint density at radius 1 is 0.381 bits per heavy atom.